The first-order valence-corrected chi connectivity index (χ1v) is 6.66. The summed E-state index contributed by atoms with van der Waals surface area (Å²) in [6.45, 7) is 9.34. The quantitative estimate of drug-likeness (QED) is 0.897. The predicted octanol–water partition coefficient (Wildman–Crippen LogP) is 2.74. The lowest BCUT2D eigenvalue weighted by molar-refractivity contribution is 0.606. The van der Waals surface area contributed by atoms with E-state index < -0.39 is 0 Å². The molecule has 2 heterocycles. The first-order valence-electron chi connectivity index (χ1n) is 6.66. The standard InChI is InChI=1S/C14H21N5/c1-10(2)5-6-15-13-8-14(17-9-16-13)19-12(4)7-11(3)18-19/h7-10H,5-6H2,1-4H3,(H,15,16,17). The Kier molecular flexibility index (Phi) is 4.14. The van der Waals surface area contributed by atoms with Crippen LogP contribution in [0.25, 0.3) is 5.82 Å². The van der Waals surface area contributed by atoms with E-state index >= 15 is 0 Å². The van der Waals surface area contributed by atoms with Gasteiger partial charge < -0.3 is 5.32 Å². The fourth-order valence-corrected chi connectivity index (χ4v) is 1.91. The van der Waals surface area contributed by atoms with E-state index in [1.807, 2.05) is 30.7 Å². The molecular weight excluding hydrogens is 238 g/mol. The average molecular weight is 259 g/mol. The van der Waals surface area contributed by atoms with E-state index in [-0.39, 0.29) is 0 Å². The van der Waals surface area contributed by atoms with Crippen molar-refractivity contribution in [2.24, 2.45) is 5.92 Å². The molecule has 0 aliphatic carbocycles. The van der Waals surface area contributed by atoms with Gasteiger partial charge in [0.1, 0.15) is 12.1 Å². The molecule has 102 valence electrons. The fraction of sp³-hybridized carbons (Fsp3) is 0.500. The van der Waals surface area contributed by atoms with E-state index in [1.165, 1.54) is 0 Å². The van der Waals surface area contributed by atoms with Crippen molar-refractivity contribution in [3.63, 3.8) is 0 Å². The lowest BCUT2D eigenvalue weighted by atomic mass is 10.1. The monoisotopic (exact) mass is 259 g/mol. The van der Waals surface area contributed by atoms with Gasteiger partial charge in [0.25, 0.3) is 0 Å². The number of nitrogens with one attached hydrogen (secondary N) is 1. The van der Waals surface area contributed by atoms with Gasteiger partial charge in [-0.25, -0.2) is 14.6 Å². The van der Waals surface area contributed by atoms with Crippen molar-refractivity contribution >= 4 is 5.82 Å². The van der Waals surface area contributed by atoms with Crippen molar-refractivity contribution in [1.29, 1.82) is 0 Å². The second kappa shape index (κ2) is 5.82. The molecular formula is C14H21N5. The summed E-state index contributed by atoms with van der Waals surface area (Å²) in [6.07, 6.45) is 2.70. The summed E-state index contributed by atoms with van der Waals surface area (Å²) in [5, 5.41) is 7.75. The molecule has 0 saturated heterocycles. The summed E-state index contributed by atoms with van der Waals surface area (Å²) in [5.41, 5.74) is 2.06. The van der Waals surface area contributed by atoms with Crippen molar-refractivity contribution in [3.8, 4) is 5.82 Å². The molecule has 1 N–H and O–H groups in total. The Morgan fingerprint density at radius 1 is 1.21 bits per heavy atom. The molecule has 2 rings (SSSR count). The van der Waals surface area contributed by atoms with Crippen molar-refractivity contribution in [2.75, 3.05) is 11.9 Å². The number of hydrogen-bond acceptors (Lipinski definition) is 4. The summed E-state index contributed by atoms with van der Waals surface area (Å²) >= 11 is 0. The SMILES string of the molecule is Cc1cc(C)n(-c2cc(NCCC(C)C)ncn2)n1. The first kappa shape index (κ1) is 13.5. The molecule has 0 aliphatic rings. The maximum Gasteiger partial charge on any atom is 0.159 e. The van der Waals surface area contributed by atoms with Gasteiger partial charge in [0.2, 0.25) is 0 Å². The van der Waals surface area contributed by atoms with Crippen LogP contribution in [0.3, 0.4) is 0 Å². The molecule has 0 bridgehead atoms. The summed E-state index contributed by atoms with van der Waals surface area (Å²) in [5.74, 6) is 2.33. The predicted molar refractivity (Wildman–Crippen MR) is 76.6 cm³/mol. The average Bonchev–Trinajstić information content (AvgIpc) is 2.68. The minimum absolute atomic E-state index is 0.685. The first-order chi connectivity index (χ1) is 9.06. The molecule has 0 saturated carbocycles. The third-order valence-corrected chi connectivity index (χ3v) is 2.91. The zero-order valence-electron chi connectivity index (χ0n) is 12.0. The minimum Gasteiger partial charge on any atom is -0.370 e. The smallest absolute Gasteiger partial charge is 0.159 e. The lowest BCUT2D eigenvalue weighted by Gasteiger charge is -2.09. The van der Waals surface area contributed by atoms with Crippen molar-refractivity contribution in [1.82, 2.24) is 19.7 Å². The number of aryl methyl sites for hydroxylation is 2. The molecule has 5 nitrogen and oxygen atoms in total. The maximum absolute atomic E-state index is 4.43. The van der Waals surface area contributed by atoms with Crippen LogP contribution in [0, 0.1) is 19.8 Å². The molecule has 0 fully saturated rings. The maximum atomic E-state index is 4.43. The van der Waals surface area contributed by atoms with Crippen molar-refractivity contribution in [3.05, 3.63) is 29.8 Å². The molecule has 0 aliphatic heterocycles. The van der Waals surface area contributed by atoms with E-state index in [1.54, 1.807) is 6.33 Å². The van der Waals surface area contributed by atoms with Gasteiger partial charge in [0, 0.05) is 18.3 Å². The minimum atomic E-state index is 0.685. The Bertz CT molecular complexity index is 545. The van der Waals surface area contributed by atoms with Gasteiger partial charge in [-0.2, -0.15) is 5.10 Å². The van der Waals surface area contributed by atoms with Gasteiger partial charge in [-0.05, 0) is 32.3 Å². The van der Waals surface area contributed by atoms with Gasteiger partial charge in [-0.1, -0.05) is 13.8 Å². The van der Waals surface area contributed by atoms with Crippen molar-refractivity contribution in [2.45, 2.75) is 34.1 Å². The fourth-order valence-electron chi connectivity index (χ4n) is 1.91. The van der Waals surface area contributed by atoms with E-state index in [4.69, 9.17) is 0 Å². The van der Waals surface area contributed by atoms with E-state index in [0.29, 0.717) is 5.92 Å². The number of hydrogen-bond donors (Lipinski definition) is 1. The Labute approximate surface area is 114 Å². The van der Waals surface area contributed by atoms with Crippen LogP contribution in [-0.4, -0.2) is 26.3 Å². The van der Waals surface area contributed by atoms with Gasteiger partial charge in [-0.3, -0.25) is 0 Å². The highest BCUT2D eigenvalue weighted by Gasteiger charge is 2.06. The summed E-state index contributed by atoms with van der Waals surface area (Å²) < 4.78 is 1.84. The Hall–Kier alpha value is -1.91. The van der Waals surface area contributed by atoms with Crippen LogP contribution in [0.5, 0.6) is 0 Å². The van der Waals surface area contributed by atoms with E-state index in [0.717, 1.165) is 36.0 Å². The largest absolute Gasteiger partial charge is 0.370 e. The molecule has 5 heteroatoms. The van der Waals surface area contributed by atoms with Gasteiger partial charge in [0.05, 0.1) is 5.69 Å². The number of nitrogens with zero attached hydrogens (tertiary/aromatic N) is 4. The molecule has 0 unspecified atom stereocenters. The number of rotatable bonds is 5. The third kappa shape index (κ3) is 3.53. The topological polar surface area (TPSA) is 55.6 Å². The Balaban J connectivity index is 2.13. The van der Waals surface area contributed by atoms with E-state index in [9.17, 15) is 0 Å². The normalized spacial score (nSPS) is 11.0. The lowest BCUT2D eigenvalue weighted by Crippen LogP contribution is -2.08. The van der Waals surface area contributed by atoms with Crippen LogP contribution >= 0.6 is 0 Å². The molecule has 0 spiro atoms. The molecule has 0 atom stereocenters. The third-order valence-electron chi connectivity index (χ3n) is 2.91. The van der Waals surface area contributed by atoms with Crippen LogP contribution in [0.1, 0.15) is 31.7 Å². The molecule has 2 aromatic rings. The van der Waals surface area contributed by atoms with Crippen LogP contribution in [0.4, 0.5) is 5.82 Å². The number of aromatic nitrogens is 4. The van der Waals surface area contributed by atoms with E-state index in [2.05, 4.69) is 34.2 Å². The molecule has 0 amide bonds. The Morgan fingerprint density at radius 3 is 2.63 bits per heavy atom. The summed E-state index contributed by atoms with van der Waals surface area (Å²) in [7, 11) is 0. The second-order valence-corrected chi connectivity index (χ2v) is 5.21. The van der Waals surface area contributed by atoms with Crippen LogP contribution < -0.4 is 5.32 Å². The Morgan fingerprint density at radius 2 is 2.00 bits per heavy atom. The number of anilines is 1. The molecule has 0 aromatic carbocycles. The van der Waals surface area contributed by atoms with Crippen molar-refractivity contribution < 1.29 is 0 Å². The summed E-state index contributed by atoms with van der Waals surface area (Å²) in [6, 6.07) is 3.97. The van der Waals surface area contributed by atoms with Crippen LogP contribution in [-0.2, 0) is 0 Å². The van der Waals surface area contributed by atoms with Crippen LogP contribution in [0.2, 0.25) is 0 Å². The highest BCUT2D eigenvalue weighted by molar-refractivity contribution is 5.40. The molecule has 0 radical (unpaired) electrons. The molecule has 2 aromatic heterocycles. The molecule has 19 heavy (non-hydrogen) atoms. The summed E-state index contributed by atoms with van der Waals surface area (Å²) in [4.78, 5) is 8.51. The van der Waals surface area contributed by atoms with Gasteiger partial charge in [-0.15, -0.1) is 0 Å². The highest BCUT2D eigenvalue weighted by Crippen LogP contribution is 2.12. The van der Waals surface area contributed by atoms with Crippen LogP contribution in [0.15, 0.2) is 18.5 Å². The zero-order valence-corrected chi connectivity index (χ0v) is 12.0. The van der Waals surface area contributed by atoms with Gasteiger partial charge >= 0.3 is 0 Å². The second-order valence-electron chi connectivity index (χ2n) is 5.21. The zero-order chi connectivity index (χ0) is 13.8. The van der Waals surface area contributed by atoms with Gasteiger partial charge in [0.15, 0.2) is 5.82 Å². The highest BCUT2D eigenvalue weighted by atomic mass is 15.3.